The maximum Gasteiger partial charge on any atom is 0.358 e. The summed E-state index contributed by atoms with van der Waals surface area (Å²) in [6.07, 6.45) is 0. The number of hydrogen-bond donors (Lipinski definition) is 1. The molecule has 0 saturated heterocycles. The van der Waals surface area contributed by atoms with Crippen molar-refractivity contribution in [3.8, 4) is 0 Å². The first-order chi connectivity index (χ1) is 6.95. The Morgan fingerprint density at radius 1 is 1.20 bits per heavy atom. The standard InChI is InChI=1S/C7H5N3O5/c8-7(11)4-2-1-3-5(9(12)13)6(4)10(14)15/h1-3H,(H2,8,11). The number of rotatable bonds is 3. The molecule has 2 N–H and O–H groups in total. The lowest BCUT2D eigenvalue weighted by atomic mass is 10.1. The molecule has 78 valence electrons. The molecule has 0 aromatic heterocycles. The van der Waals surface area contributed by atoms with Crippen LogP contribution in [0.3, 0.4) is 0 Å². The van der Waals surface area contributed by atoms with Crippen LogP contribution in [-0.2, 0) is 0 Å². The van der Waals surface area contributed by atoms with Crippen LogP contribution in [0.1, 0.15) is 10.4 Å². The zero-order chi connectivity index (χ0) is 11.6. The van der Waals surface area contributed by atoms with Gasteiger partial charge in [-0.3, -0.25) is 25.0 Å². The van der Waals surface area contributed by atoms with Crippen molar-refractivity contribution < 1.29 is 14.6 Å². The molecule has 1 aromatic rings. The lowest BCUT2D eigenvalue weighted by molar-refractivity contribution is -0.422. The number of nitro benzene ring substituents is 2. The Kier molecular flexibility index (Phi) is 2.61. The van der Waals surface area contributed by atoms with Crippen LogP contribution < -0.4 is 5.73 Å². The number of para-hydroxylation sites is 1. The molecule has 0 unspecified atom stereocenters. The molecule has 0 aliphatic carbocycles. The fourth-order valence-corrected chi connectivity index (χ4v) is 1.07. The van der Waals surface area contributed by atoms with Gasteiger partial charge < -0.3 is 5.73 Å². The number of hydrogen-bond acceptors (Lipinski definition) is 5. The molecule has 0 heterocycles. The van der Waals surface area contributed by atoms with Crippen LogP contribution in [0.25, 0.3) is 0 Å². The van der Waals surface area contributed by atoms with E-state index in [2.05, 4.69) is 0 Å². The first kappa shape index (κ1) is 10.6. The largest absolute Gasteiger partial charge is 0.365 e. The van der Waals surface area contributed by atoms with Crippen LogP contribution in [0.5, 0.6) is 0 Å². The van der Waals surface area contributed by atoms with Crippen LogP contribution in [0.2, 0.25) is 0 Å². The molecule has 1 rings (SSSR count). The molecule has 0 bridgehead atoms. The fraction of sp³-hybridized carbons (Fsp3) is 0. The van der Waals surface area contributed by atoms with Crippen molar-refractivity contribution in [3.63, 3.8) is 0 Å². The molecule has 1 aromatic carbocycles. The molecular formula is C7H5N3O5. The van der Waals surface area contributed by atoms with Gasteiger partial charge in [-0.25, -0.2) is 0 Å². The summed E-state index contributed by atoms with van der Waals surface area (Å²) in [6, 6.07) is 3.16. The number of nitrogens with two attached hydrogens (primary N) is 1. The van der Waals surface area contributed by atoms with Gasteiger partial charge in [0, 0.05) is 6.07 Å². The monoisotopic (exact) mass is 211 g/mol. The average Bonchev–Trinajstić information content (AvgIpc) is 2.16. The minimum absolute atomic E-state index is 0.478. The predicted molar refractivity (Wildman–Crippen MR) is 48.3 cm³/mol. The number of carbonyl (C=O) groups excluding carboxylic acids is 1. The van der Waals surface area contributed by atoms with Crippen molar-refractivity contribution in [1.82, 2.24) is 0 Å². The zero-order valence-corrected chi connectivity index (χ0v) is 7.25. The second-order valence-corrected chi connectivity index (χ2v) is 2.55. The van der Waals surface area contributed by atoms with Crippen LogP contribution >= 0.6 is 0 Å². The van der Waals surface area contributed by atoms with Crippen LogP contribution in [0, 0.1) is 20.2 Å². The fourth-order valence-electron chi connectivity index (χ4n) is 1.07. The van der Waals surface area contributed by atoms with Crippen molar-refractivity contribution in [2.75, 3.05) is 0 Å². The summed E-state index contributed by atoms with van der Waals surface area (Å²) >= 11 is 0. The molecule has 0 spiro atoms. The maximum absolute atomic E-state index is 10.8. The second kappa shape index (κ2) is 3.70. The van der Waals surface area contributed by atoms with Crippen molar-refractivity contribution in [2.24, 2.45) is 5.73 Å². The second-order valence-electron chi connectivity index (χ2n) is 2.55. The van der Waals surface area contributed by atoms with Crippen molar-refractivity contribution in [3.05, 3.63) is 44.0 Å². The molecule has 0 atom stereocenters. The summed E-state index contributed by atoms with van der Waals surface area (Å²) < 4.78 is 0. The third kappa shape index (κ3) is 1.88. The number of primary amides is 1. The number of nitrogens with zero attached hydrogens (tertiary/aromatic N) is 2. The number of carbonyl (C=O) groups is 1. The highest BCUT2D eigenvalue weighted by Crippen LogP contribution is 2.29. The van der Waals surface area contributed by atoms with Gasteiger partial charge in [-0.15, -0.1) is 0 Å². The van der Waals surface area contributed by atoms with E-state index in [0.717, 1.165) is 18.2 Å². The van der Waals surface area contributed by atoms with E-state index in [9.17, 15) is 25.0 Å². The zero-order valence-electron chi connectivity index (χ0n) is 7.25. The highest BCUT2D eigenvalue weighted by Gasteiger charge is 2.30. The van der Waals surface area contributed by atoms with Crippen LogP contribution in [-0.4, -0.2) is 15.8 Å². The molecule has 0 aliphatic heterocycles. The normalized spacial score (nSPS) is 9.60. The molecule has 8 nitrogen and oxygen atoms in total. The van der Waals surface area contributed by atoms with Crippen molar-refractivity contribution in [1.29, 1.82) is 0 Å². The van der Waals surface area contributed by atoms with E-state index in [1.165, 1.54) is 0 Å². The molecule has 0 fully saturated rings. The smallest absolute Gasteiger partial charge is 0.358 e. The van der Waals surface area contributed by atoms with Gasteiger partial charge in [-0.2, -0.15) is 0 Å². The highest BCUT2D eigenvalue weighted by molar-refractivity contribution is 5.98. The number of amides is 1. The molecule has 0 aliphatic rings. The van der Waals surface area contributed by atoms with Gasteiger partial charge in [0.25, 0.3) is 5.91 Å². The van der Waals surface area contributed by atoms with Gasteiger partial charge in [-0.1, -0.05) is 6.07 Å². The van der Waals surface area contributed by atoms with Gasteiger partial charge in [0.05, 0.1) is 9.85 Å². The van der Waals surface area contributed by atoms with E-state index in [-0.39, 0.29) is 0 Å². The third-order valence-corrected chi connectivity index (χ3v) is 1.66. The van der Waals surface area contributed by atoms with E-state index in [1.54, 1.807) is 0 Å². The Morgan fingerprint density at radius 3 is 2.20 bits per heavy atom. The van der Waals surface area contributed by atoms with E-state index in [4.69, 9.17) is 5.73 Å². The van der Waals surface area contributed by atoms with E-state index in [0.29, 0.717) is 0 Å². The Hall–Kier alpha value is -2.51. The van der Waals surface area contributed by atoms with Crippen LogP contribution in [0.4, 0.5) is 11.4 Å². The minimum atomic E-state index is -1.08. The Bertz CT molecular complexity index is 424. The highest BCUT2D eigenvalue weighted by atomic mass is 16.6. The first-order valence-electron chi connectivity index (χ1n) is 3.66. The molecule has 8 heteroatoms. The van der Waals surface area contributed by atoms with E-state index >= 15 is 0 Å². The first-order valence-corrected chi connectivity index (χ1v) is 3.66. The average molecular weight is 211 g/mol. The van der Waals surface area contributed by atoms with Crippen molar-refractivity contribution in [2.45, 2.75) is 0 Å². The lowest BCUT2D eigenvalue weighted by Crippen LogP contribution is -2.14. The Labute approximate surface area is 82.6 Å². The Balaban J connectivity index is 3.56. The predicted octanol–water partition coefficient (Wildman–Crippen LogP) is 0.602. The molecule has 1 amide bonds. The topological polar surface area (TPSA) is 129 Å². The third-order valence-electron chi connectivity index (χ3n) is 1.66. The SMILES string of the molecule is NC(=O)c1cccc([N+](=O)[O-])c1[N+](=O)[O-]. The van der Waals surface area contributed by atoms with Gasteiger partial charge in [-0.05, 0) is 6.07 Å². The lowest BCUT2D eigenvalue weighted by Gasteiger charge is -1.98. The van der Waals surface area contributed by atoms with Crippen molar-refractivity contribution >= 4 is 17.3 Å². The maximum atomic E-state index is 10.8. The van der Waals surface area contributed by atoms with Gasteiger partial charge in [0.2, 0.25) is 0 Å². The van der Waals surface area contributed by atoms with E-state index < -0.39 is 32.7 Å². The summed E-state index contributed by atoms with van der Waals surface area (Å²) in [6.45, 7) is 0. The van der Waals surface area contributed by atoms with Gasteiger partial charge >= 0.3 is 11.4 Å². The summed E-state index contributed by atoms with van der Waals surface area (Å²) in [5, 5.41) is 21.0. The summed E-state index contributed by atoms with van der Waals surface area (Å²) in [5.41, 5.74) is 2.74. The van der Waals surface area contributed by atoms with Gasteiger partial charge in [0.15, 0.2) is 0 Å². The molecular weight excluding hydrogens is 206 g/mol. The molecule has 0 radical (unpaired) electrons. The quantitative estimate of drug-likeness (QED) is 0.577. The summed E-state index contributed by atoms with van der Waals surface area (Å²) in [5.74, 6) is -1.08. The summed E-state index contributed by atoms with van der Waals surface area (Å²) in [7, 11) is 0. The van der Waals surface area contributed by atoms with Gasteiger partial charge in [0.1, 0.15) is 5.56 Å². The van der Waals surface area contributed by atoms with E-state index in [1.807, 2.05) is 0 Å². The molecule has 15 heavy (non-hydrogen) atoms. The van der Waals surface area contributed by atoms with Crippen LogP contribution in [0.15, 0.2) is 18.2 Å². The Morgan fingerprint density at radius 2 is 1.80 bits per heavy atom. The minimum Gasteiger partial charge on any atom is -0.365 e. The molecule has 0 saturated carbocycles. The summed E-state index contributed by atoms with van der Waals surface area (Å²) in [4.78, 5) is 29.8. The number of nitro groups is 2. The number of benzene rings is 1.